The molecule has 244 valence electrons. The van der Waals surface area contributed by atoms with Gasteiger partial charge in [0.15, 0.2) is 5.78 Å². The van der Waals surface area contributed by atoms with Gasteiger partial charge in [0.1, 0.15) is 29.6 Å². The number of pyridine rings is 1. The molecule has 0 saturated carbocycles. The summed E-state index contributed by atoms with van der Waals surface area (Å²) in [6, 6.07) is 4.73. The Balaban J connectivity index is 1.76. The first kappa shape index (κ1) is 35.1. The summed E-state index contributed by atoms with van der Waals surface area (Å²) in [5, 5.41) is 14.0. The number of amides is 2. The minimum absolute atomic E-state index is 0.0436. The van der Waals surface area contributed by atoms with Gasteiger partial charge < -0.3 is 29.6 Å². The van der Waals surface area contributed by atoms with Crippen LogP contribution in [0.4, 0.5) is 14.9 Å². The first-order valence-electron chi connectivity index (χ1n) is 14.6. The standard InChI is InChI=1S/C32H43FN6O6/c1-32(2,3)18-20-15-21(33)16-25-28(20)36-26(38(25)6)19-39-14-10-13-24(30(39)42)34-29(41)23(35-31(43)44)12-9-8-11-22(40)17-27(45-7)37(4)5/h8,10-11,13-16,23,27,35H,9,12,17-19H2,1-7H3,(H,34,41)(H,43,44)/b11-8+. The van der Waals surface area contributed by atoms with Crippen molar-refractivity contribution in [2.75, 3.05) is 26.5 Å². The van der Waals surface area contributed by atoms with Crippen molar-refractivity contribution in [3.05, 3.63) is 70.2 Å². The van der Waals surface area contributed by atoms with E-state index in [0.717, 1.165) is 5.56 Å². The van der Waals surface area contributed by atoms with Crippen molar-refractivity contribution < 1.29 is 28.6 Å². The number of ether oxygens (including phenoxy) is 1. The molecule has 13 heteroatoms. The van der Waals surface area contributed by atoms with Crippen molar-refractivity contribution in [2.24, 2.45) is 12.5 Å². The Bertz CT molecular complexity index is 1620. The van der Waals surface area contributed by atoms with Crippen LogP contribution in [0.15, 0.2) is 47.4 Å². The van der Waals surface area contributed by atoms with Gasteiger partial charge >= 0.3 is 6.09 Å². The monoisotopic (exact) mass is 626 g/mol. The van der Waals surface area contributed by atoms with Gasteiger partial charge in [0.2, 0.25) is 5.91 Å². The molecule has 2 unspecified atom stereocenters. The first-order valence-corrected chi connectivity index (χ1v) is 14.6. The summed E-state index contributed by atoms with van der Waals surface area (Å²) >= 11 is 0. The molecule has 1 aromatic carbocycles. The number of carbonyl (C=O) groups is 3. The maximum absolute atomic E-state index is 14.5. The molecular formula is C32H43FN6O6. The summed E-state index contributed by atoms with van der Waals surface area (Å²) in [7, 11) is 6.85. The van der Waals surface area contributed by atoms with Crippen molar-refractivity contribution in [1.82, 2.24) is 24.3 Å². The lowest BCUT2D eigenvalue weighted by molar-refractivity contribution is -0.120. The van der Waals surface area contributed by atoms with Crippen LogP contribution in [0.25, 0.3) is 11.0 Å². The van der Waals surface area contributed by atoms with Gasteiger partial charge in [-0.05, 0) is 74.7 Å². The number of benzene rings is 1. The number of allylic oxidation sites excluding steroid dienone is 2. The second kappa shape index (κ2) is 15.1. The van der Waals surface area contributed by atoms with Crippen molar-refractivity contribution in [2.45, 2.75) is 65.3 Å². The zero-order valence-corrected chi connectivity index (χ0v) is 26.9. The number of carbonyl (C=O) groups excluding carboxylic acids is 2. The second-order valence-corrected chi connectivity index (χ2v) is 12.4. The van der Waals surface area contributed by atoms with Gasteiger partial charge in [0, 0.05) is 20.4 Å². The molecule has 2 amide bonds. The quantitative estimate of drug-likeness (QED) is 0.180. The zero-order chi connectivity index (χ0) is 33.5. The molecule has 45 heavy (non-hydrogen) atoms. The molecule has 3 N–H and O–H groups in total. The Labute approximate surface area is 261 Å². The molecule has 2 atom stereocenters. The van der Waals surface area contributed by atoms with Crippen LogP contribution >= 0.6 is 0 Å². The average Bonchev–Trinajstić information content (AvgIpc) is 3.24. The molecule has 0 radical (unpaired) electrons. The van der Waals surface area contributed by atoms with Crippen LogP contribution in [0.2, 0.25) is 0 Å². The van der Waals surface area contributed by atoms with Crippen LogP contribution in [-0.2, 0) is 34.3 Å². The molecule has 0 fully saturated rings. The topological polar surface area (TPSA) is 148 Å². The number of methoxy groups -OCH3 is 1. The van der Waals surface area contributed by atoms with Gasteiger partial charge in [-0.2, -0.15) is 0 Å². The molecular weight excluding hydrogens is 583 g/mol. The summed E-state index contributed by atoms with van der Waals surface area (Å²) < 4.78 is 22.8. The molecule has 3 aromatic rings. The first-order chi connectivity index (χ1) is 21.1. The molecule has 0 saturated heterocycles. The fraction of sp³-hybridized carbons (Fsp3) is 0.469. The number of imidazole rings is 1. The maximum atomic E-state index is 14.5. The van der Waals surface area contributed by atoms with Crippen LogP contribution in [0.1, 0.15) is 51.4 Å². The fourth-order valence-electron chi connectivity index (χ4n) is 4.96. The third-order valence-electron chi connectivity index (χ3n) is 7.20. The average molecular weight is 627 g/mol. The lowest BCUT2D eigenvalue weighted by Gasteiger charge is -2.21. The van der Waals surface area contributed by atoms with E-state index in [4.69, 9.17) is 9.72 Å². The number of anilines is 1. The number of aryl methyl sites for hydroxylation is 1. The summed E-state index contributed by atoms with van der Waals surface area (Å²) in [5.74, 6) is -0.743. The van der Waals surface area contributed by atoms with Crippen LogP contribution < -0.4 is 16.2 Å². The van der Waals surface area contributed by atoms with E-state index >= 15 is 0 Å². The number of hydrogen-bond donors (Lipinski definition) is 3. The van der Waals surface area contributed by atoms with Crippen molar-refractivity contribution in [3.63, 3.8) is 0 Å². The molecule has 0 aliphatic heterocycles. The Morgan fingerprint density at radius 3 is 2.56 bits per heavy atom. The van der Waals surface area contributed by atoms with E-state index in [0.29, 0.717) is 23.3 Å². The predicted octanol–water partition coefficient (Wildman–Crippen LogP) is 3.92. The van der Waals surface area contributed by atoms with Crippen molar-refractivity contribution in [1.29, 1.82) is 0 Å². The third-order valence-corrected chi connectivity index (χ3v) is 7.20. The largest absolute Gasteiger partial charge is 0.465 e. The van der Waals surface area contributed by atoms with E-state index < -0.39 is 23.6 Å². The minimum Gasteiger partial charge on any atom is -0.465 e. The summed E-state index contributed by atoms with van der Waals surface area (Å²) in [6.07, 6.45) is 3.75. The highest BCUT2D eigenvalue weighted by Gasteiger charge is 2.22. The Morgan fingerprint density at radius 1 is 1.22 bits per heavy atom. The smallest absolute Gasteiger partial charge is 0.405 e. The number of nitrogens with one attached hydrogen (secondary N) is 2. The van der Waals surface area contributed by atoms with E-state index in [-0.39, 0.29) is 54.7 Å². The summed E-state index contributed by atoms with van der Waals surface area (Å²) in [4.78, 5) is 56.5. The Hall–Kier alpha value is -4.36. The molecule has 12 nitrogen and oxygen atoms in total. The second-order valence-electron chi connectivity index (χ2n) is 12.4. The van der Waals surface area contributed by atoms with Crippen LogP contribution in [0, 0.1) is 11.2 Å². The number of carboxylic acid groups (broad SMARTS) is 1. The highest BCUT2D eigenvalue weighted by atomic mass is 19.1. The molecule has 0 bridgehead atoms. The number of aromatic nitrogens is 3. The fourth-order valence-corrected chi connectivity index (χ4v) is 4.96. The van der Waals surface area contributed by atoms with Gasteiger partial charge in [0.25, 0.3) is 5.56 Å². The summed E-state index contributed by atoms with van der Waals surface area (Å²) in [6.45, 7) is 6.24. The van der Waals surface area contributed by atoms with Gasteiger partial charge in [0.05, 0.1) is 24.0 Å². The van der Waals surface area contributed by atoms with E-state index in [1.165, 1.54) is 36.0 Å². The Kier molecular flexibility index (Phi) is 11.8. The lowest BCUT2D eigenvalue weighted by atomic mass is 9.87. The van der Waals surface area contributed by atoms with Crippen molar-refractivity contribution >= 4 is 34.5 Å². The van der Waals surface area contributed by atoms with Gasteiger partial charge in [-0.15, -0.1) is 0 Å². The molecule has 0 aliphatic carbocycles. The highest BCUT2D eigenvalue weighted by molar-refractivity contribution is 5.96. The zero-order valence-electron chi connectivity index (χ0n) is 26.9. The Morgan fingerprint density at radius 2 is 1.93 bits per heavy atom. The molecule has 0 aliphatic rings. The molecule has 0 spiro atoms. The maximum Gasteiger partial charge on any atom is 0.405 e. The van der Waals surface area contributed by atoms with Gasteiger partial charge in [-0.25, -0.2) is 14.2 Å². The summed E-state index contributed by atoms with van der Waals surface area (Å²) in [5.41, 5.74) is 1.39. The normalized spacial score (nSPS) is 13.4. The predicted molar refractivity (Wildman–Crippen MR) is 170 cm³/mol. The molecule has 2 aromatic heterocycles. The number of hydrogen-bond acceptors (Lipinski definition) is 7. The highest BCUT2D eigenvalue weighted by Crippen LogP contribution is 2.28. The van der Waals surface area contributed by atoms with Crippen LogP contribution in [-0.4, -0.2) is 75.4 Å². The van der Waals surface area contributed by atoms with E-state index in [1.54, 1.807) is 48.9 Å². The van der Waals surface area contributed by atoms with Gasteiger partial charge in [-0.3, -0.25) is 19.3 Å². The van der Waals surface area contributed by atoms with E-state index in [1.807, 2.05) is 0 Å². The van der Waals surface area contributed by atoms with Gasteiger partial charge in [-0.1, -0.05) is 26.8 Å². The number of fused-ring (bicyclic) bond motifs is 1. The third kappa shape index (κ3) is 9.82. The lowest BCUT2D eigenvalue weighted by Crippen LogP contribution is -2.44. The van der Waals surface area contributed by atoms with Crippen LogP contribution in [0.5, 0.6) is 0 Å². The number of halogens is 1. The minimum atomic E-state index is -1.40. The van der Waals surface area contributed by atoms with E-state index in [2.05, 4.69) is 31.4 Å². The SMILES string of the molecule is COC(CC(=O)/C=C/CCC(NC(=O)O)C(=O)Nc1cccn(Cc2nc3c(CC(C)(C)C)cc(F)cc3n2C)c1=O)N(C)C. The number of nitrogens with zero attached hydrogens (tertiary/aromatic N) is 4. The van der Waals surface area contributed by atoms with E-state index in [9.17, 15) is 28.7 Å². The number of ketones is 1. The number of rotatable bonds is 14. The van der Waals surface area contributed by atoms with Crippen molar-refractivity contribution in [3.8, 4) is 0 Å². The molecule has 2 heterocycles. The van der Waals surface area contributed by atoms with Crippen LogP contribution in [0.3, 0.4) is 0 Å². The molecule has 3 rings (SSSR count).